The summed E-state index contributed by atoms with van der Waals surface area (Å²) in [5.41, 5.74) is -0.0973. The number of hydrogen-bond donors (Lipinski definition) is 1. The molecular weight excluding hydrogens is 256 g/mol. The van der Waals surface area contributed by atoms with Crippen LogP contribution in [0.15, 0.2) is 18.3 Å². The second-order valence-electron chi connectivity index (χ2n) is 5.27. The Bertz CT molecular complexity index is 457. The van der Waals surface area contributed by atoms with E-state index in [1.165, 1.54) is 0 Å². The Balaban J connectivity index is 1.97. The molecule has 1 fully saturated rings. The van der Waals surface area contributed by atoms with Crippen LogP contribution in [0.4, 0.5) is 5.69 Å². The average Bonchev–Trinajstić information content (AvgIpc) is 3.30. The number of nitrogens with zero attached hydrogens (tertiary/aromatic N) is 1. The number of ether oxygens (including phenoxy) is 2. The van der Waals surface area contributed by atoms with Gasteiger partial charge in [0.2, 0.25) is 5.88 Å². The van der Waals surface area contributed by atoms with Crippen molar-refractivity contribution in [1.29, 1.82) is 0 Å². The van der Waals surface area contributed by atoms with E-state index in [0.717, 1.165) is 19.3 Å². The molecule has 1 aliphatic rings. The number of hydrogen-bond acceptors (Lipinski definition) is 4. The summed E-state index contributed by atoms with van der Waals surface area (Å²) in [6, 6.07) is 3.55. The summed E-state index contributed by atoms with van der Waals surface area (Å²) in [7, 11) is 1.58. The van der Waals surface area contributed by atoms with Crippen LogP contribution < -0.4 is 10.1 Å². The molecule has 1 atom stereocenters. The Labute approximate surface area is 119 Å². The molecule has 20 heavy (non-hydrogen) atoms. The predicted molar refractivity (Wildman–Crippen MR) is 76.8 cm³/mol. The summed E-state index contributed by atoms with van der Waals surface area (Å²) in [4.78, 5) is 16.5. The van der Waals surface area contributed by atoms with Crippen molar-refractivity contribution in [2.45, 2.75) is 38.7 Å². The quantitative estimate of drug-likeness (QED) is 0.833. The van der Waals surface area contributed by atoms with Crippen molar-refractivity contribution >= 4 is 11.6 Å². The summed E-state index contributed by atoms with van der Waals surface area (Å²) >= 11 is 0. The molecule has 0 radical (unpaired) electrons. The van der Waals surface area contributed by atoms with Crippen LogP contribution in [0.2, 0.25) is 0 Å². The third-order valence-electron chi connectivity index (χ3n) is 3.68. The van der Waals surface area contributed by atoms with Crippen LogP contribution in [0.3, 0.4) is 0 Å². The molecule has 1 aliphatic carbocycles. The van der Waals surface area contributed by atoms with Gasteiger partial charge in [0.1, 0.15) is 5.60 Å². The van der Waals surface area contributed by atoms with Gasteiger partial charge in [-0.25, -0.2) is 4.98 Å². The largest absolute Gasteiger partial charge is 0.478 e. The molecule has 110 valence electrons. The highest BCUT2D eigenvalue weighted by Crippen LogP contribution is 2.42. The number of amides is 1. The van der Waals surface area contributed by atoms with E-state index in [9.17, 15) is 4.79 Å². The highest BCUT2D eigenvalue weighted by Gasteiger charge is 2.47. The molecule has 1 aromatic rings. The second kappa shape index (κ2) is 6.22. The van der Waals surface area contributed by atoms with Crippen molar-refractivity contribution < 1.29 is 14.3 Å². The first-order chi connectivity index (χ1) is 9.60. The molecule has 0 spiro atoms. The van der Waals surface area contributed by atoms with Gasteiger partial charge in [-0.2, -0.15) is 0 Å². The minimum Gasteiger partial charge on any atom is -0.478 e. The summed E-state index contributed by atoms with van der Waals surface area (Å²) < 4.78 is 10.8. The van der Waals surface area contributed by atoms with Crippen LogP contribution in [-0.4, -0.2) is 30.2 Å². The summed E-state index contributed by atoms with van der Waals surface area (Å²) in [5.74, 6) is 0.765. The first-order valence-electron chi connectivity index (χ1n) is 7.05. The number of pyridine rings is 1. The molecular formula is C15H22N2O3. The lowest BCUT2D eigenvalue weighted by atomic mass is 9.99. The maximum absolute atomic E-state index is 12.3. The van der Waals surface area contributed by atoms with Gasteiger partial charge < -0.3 is 14.8 Å². The molecule has 0 unspecified atom stereocenters. The topological polar surface area (TPSA) is 60.5 Å². The van der Waals surface area contributed by atoms with E-state index in [2.05, 4.69) is 10.3 Å². The molecule has 0 saturated heterocycles. The molecule has 0 aromatic carbocycles. The first-order valence-corrected chi connectivity index (χ1v) is 7.05. The Kier molecular flexibility index (Phi) is 4.60. The van der Waals surface area contributed by atoms with Gasteiger partial charge in [-0.3, -0.25) is 4.79 Å². The Morgan fingerprint density at radius 3 is 2.75 bits per heavy atom. The second-order valence-corrected chi connectivity index (χ2v) is 5.27. The summed E-state index contributed by atoms with van der Waals surface area (Å²) in [6.07, 6.45) is 4.62. The van der Waals surface area contributed by atoms with E-state index in [4.69, 9.17) is 9.47 Å². The van der Waals surface area contributed by atoms with Crippen LogP contribution in [0, 0.1) is 5.92 Å². The molecule has 0 bridgehead atoms. The number of methoxy groups -OCH3 is 1. The van der Waals surface area contributed by atoms with Crippen LogP contribution in [0.25, 0.3) is 0 Å². The fourth-order valence-corrected chi connectivity index (χ4v) is 2.08. The molecule has 1 N–H and O–H groups in total. The van der Waals surface area contributed by atoms with Gasteiger partial charge in [-0.05, 0) is 38.2 Å². The van der Waals surface area contributed by atoms with E-state index in [0.29, 0.717) is 24.1 Å². The van der Waals surface area contributed by atoms with Gasteiger partial charge in [-0.15, -0.1) is 0 Å². The van der Waals surface area contributed by atoms with Crippen LogP contribution >= 0.6 is 0 Å². The van der Waals surface area contributed by atoms with Crippen molar-refractivity contribution in [3.05, 3.63) is 18.3 Å². The fraction of sp³-hybridized carbons (Fsp3) is 0.600. The highest BCUT2D eigenvalue weighted by atomic mass is 16.5. The van der Waals surface area contributed by atoms with Gasteiger partial charge >= 0.3 is 0 Å². The summed E-state index contributed by atoms with van der Waals surface area (Å²) in [6.45, 7) is 4.52. The highest BCUT2D eigenvalue weighted by molar-refractivity contribution is 5.97. The molecule has 1 saturated carbocycles. The van der Waals surface area contributed by atoms with E-state index < -0.39 is 5.60 Å². The van der Waals surface area contributed by atoms with Crippen LogP contribution in [-0.2, 0) is 9.53 Å². The zero-order valence-electron chi connectivity index (χ0n) is 12.3. The maximum Gasteiger partial charge on any atom is 0.256 e. The minimum absolute atomic E-state index is 0.119. The number of anilines is 1. The van der Waals surface area contributed by atoms with Crippen molar-refractivity contribution in [2.24, 2.45) is 5.92 Å². The van der Waals surface area contributed by atoms with E-state index in [1.807, 2.05) is 13.8 Å². The number of nitrogens with one attached hydrogen (secondary N) is 1. The molecule has 1 aromatic heterocycles. The number of rotatable bonds is 7. The number of aromatic nitrogens is 1. The smallest absolute Gasteiger partial charge is 0.256 e. The van der Waals surface area contributed by atoms with Crippen molar-refractivity contribution in [2.75, 3.05) is 19.0 Å². The fourth-order valence-electron chi connectivity index (χ4n) is 2.08. The monoisotopic (exact) mass is 278 g/mol. The first kappa shape index (κ1) is 14.8. The minimum atomic E-state index is -0.753. The van der Waals surface area contributed by atoms with E-state index >= 15 is 0 Å². The van der Waals surface area contributed by atoms with Gasteiger partial charge in [0, 0.05) is 13.2 Å². The SMILES string of the molecule is CCCOc1ccc(NC(=O)[C@](C)(OC)C2CC2)cn1. The molecule has 1 amide bonds. The third-order valence-corrected chi connectivity index (χ3v) is 3.68. The lowest BCUT2D eigenvalue weighted by Crippen LogP contribution is -2.44. The molecule has 1 heterocycles. The molecule has 5 nitrogen and oxygen atoms in total. The number of carbonyl (C=O) groups excluding carboxylic acids is 1. The predicted octanol–water partition coefficient (Wildman–Crippen LogP) is 2.62. The Morgan fingerprint density at radius 2 is 2.25 bits per heavy atom. The van der Waals surface area contributed by atoms with Gasteiger partial charge in [0.25, 0.3) is 5.91 Å². The molecule has 0 aliphatic heterocycles. The summed E-state index contributed by atoms with van der Waals surface area (Å²) in [5, 5.41) is 2.86. The lowest BCUT2D eigenvalue weighted by molar-refractivity contribution is -0.138. The third kappa shape index (κ3) is 3.28. The van der Waals surface area contributed by atoms with Crippen molar-refractivity contribution in [1.82, 2.24) is 4.98 Å². The Hall–Kier alpha value is -1.62. The van der Waals surface area contributed by atoms with Crippen molar-refractivity contribution in [3.8, 4) is 5.88 Å². The normalized spacial score (nSPS) is 17.4. The zero-order chi connectivity index (χ0) is 14.6. The molecule has 2 rings (SSSR count). The molecule has 5 heteroatoms. The average molecular weight is 278 g/mol. The Morgan fingerprint density at radius 1 is 1.50 bits per heavy atom. The van der Waals surface area contributed by atoms with Gasteiger partial charge in [0.15, 0.2) is 0 Å². The number of carbonyl (C=O) groups is 1. The van der Waals surface area contributed by atoms with E-state index in [-0.39, 0.29) is 5.91 Å². The van der Waals surface area contributed by atoms with Gasteiger partial charge in [-0.1, -0.05) is 6.92 Å². The van der Waals surface area contributed by atoms with Crippen molar-refractivity contribution in [3.63, 3.8) is 0 Å². The standard InChI is InChI=1S/C15H22N2O3/c1-4-9-20-13-8-7-12(10-16-13)17-14(18)15(2,19-3)11-5-6-11/h7-8,10-11H,4-6,9H2,1-3H3,(H,17,18)/t15-/m1/s1. The van der Waals surface area contributed by atoms with E-state index in [1.54, 1.807) is 25.4 Å². The lowest BCUT2D eigenvalue weighted by Gasteiger charge is -2.26. The van der Waals surface area contributed by atoms with Gasteiger partial charge in [0.05, 0.1) is 18.5 Å². The zero-order valence-corrected chi connectivity index (χ0v) is 12.3. The van der Waals surface area contributed by atoms with Crippen LogP contribution in [0.1, 0.15) is 33.1 Å². The maximum atomic E-state index is 12.3. The van der Waals surface area contributed by atoms with Crippen LogP contribution in [0.5, 0.6) is 5.88 Å².